The molecule has 11 heteroatoms. The van der Waals surface area contributed by atoms with Gasteiger partial charge in [0.1, 0.15) is 10.9 Å². The van der Waals surface area contributed by atoms with Gasteiger partial charge in [-0.2, -0.15) is 8.42 Å². The molecule has 3 atom stereocenters. The summed E-state index contributed by atoms with van der Waals surface area (Å²) >= 11 is 0. The maximum Gasteiger partial charge on any atom is 0.326 e. The summed E-state index contributed by atoms with van der Waals surface area (Å²) in [6.07, 6.45) is -0.370. The van der Waals surface area contributed by atoms with Gasteiger partial charge >= 0.3 is 5.97 Å². The summed E-state index contributed by atoms with van der Waals surface area (Å²) < 4.78 is 32.7. The maximum atomic E-state index is 11.7. The zero-order valence-electron chi connectivity index (χ0n) is 12.4. The number of carboxylic acid groups (broad SMARTS) is 1. The molecule has 0 spiro atoms. The van der Waals surface area contributed by atoms with Crippen molar-refractivity contribution >= 4 is 21.8 Å². The smallest absolute Gasteiger partial charge is 0.326 e. The second-order valence-corrected chi connectivity index (χ2v) is 7.22. The van der Waals surface area contributed by atoms with Crippen molar-refractivity contribution in [2.75, 3.05) is 11.4 Å². The summed E-state index contributed by atoms with van der Waals surface area (Å²) in [6.45, 7) is 0.413. The SMILES string of the molecule is NC1Cc2c(cc(O)c(O)c2S(=O)(=O)O)N2C1NCC[C@H]2C(=O)O. The number of hydrogen-bond donors (Lipinski definition) is 6. The zero-order valence-corrected chi connectivity index (χ0v) is 13.2. The lowest BCUT2D eigenvalue weighted by molar-refractivity contribution is -0.139. The second-order valence-electron chi connectivity index (χ2n) is 5.86. The van der Waals surface area contributed by atoms with E-state index in [2.05, 4.69) is 5.32 Å². The number of fused-ring (bicyclic) bond motifs is 3. The molecule has 0 saturated carbocycles. The first-order valence-electron chi connectivity index (χ1n) is 7.18. The molecule has 0 bridgehead atoms. The lowest BCUT2D eigenvalue weighted by atomic mass is 9.91. The largest absolute Gasteiger partial charge is 0.504 e. The van der Waals surface area contributed by atoms with Crippen LogP contribution in [0.4, 0.5) is 5.69 Å². The molecule has 132 valence electrons. The van der Waals surface area contributed by atoms with Crippen molar-refractivity contribution in [3.8, 4) is 11.5 Å². The van der Waals surface area contributed by atoms with Crippen LogP contribution in [0.2, 0.25) is 0 Å². The lowest BCUT2D eigenvalue weighted by Gasteiger charge is -2.48. The fourth-order valence-electron chi connectivity index (χ4n) is 3.43. The molecule has 1 fully saturated rings. The molecule has 2 heterocycles. The van der Waals surface area contributed by atoms with Crippen LogP contribution < -0.4 is 16.0 Å². The molecular weight excluding hydrogens is 342 g/mol. The Bertz CT molecular complexity index is 810. The maximum absolute atomic E-state index is 11.7. The van der Waals surface area contributed by atoms with Crippen molar-refractivity contribution in [2.45, 2.75) is 36.0 Å². The van der Waals surface area contributed by atoms with Gasteiger partial charge in [0.15, 0.2) is 11.5 Å². The summed E-state index contributed by atoms with van der Waals surface area (Å²) in [6, 6.07) is -0.579. The number of rotatable bonds is 2. The summed E-state index contributed by atoms with van der Waals surface area (Å²) in [5.41, 5.74) is 6.13. The van der Waals surface area contributed by atoms with E-state index in [1.807, 2.05) is 0 Å². The van der Waals surface area contributed by atoms with Crippen molar-refractivity contribution in [1.29, 1.82) is 0 Å². The fourth-order valence-corrected chi connectivity index (χ4v) is 4.28. The van der Waals surface area contributed by atoms with Gasteiger partial charge in [0.05, 0.1) is 6.17 Å². The minimum atomic E-state index is -4.86. The molecule has 0 aliphatic carbocycles. The first-order chi connectivity index (χ1) is 11.1. The molecule has 10 nitrogen and oxygen atoms in total. The van der Waals surface area contributed by atoms with Gasteiger partial charge in [0.25, 0.3) is 10.1 Å². The second kappa shape index (κ2) is 5.48. The highest BCUT2D eigenvalue weighted by molar-refractivity contribution is 7.86. The van der Waals surface area contributed by atoms with Crippen molar-refractivity contribution in [3.05, 3.63) is 11.6 Å². The van der Waals surface area contributed by atoms with E-state index in [1.54, 1.807) is 0 Å². The van der Waals surface area contributed by atoms with E-state index >= 15 is 0 Å². The van der Waals surface area contributed by atoms with Crippen LogP contribution in [0.1, 0.15) is 12.0 Å². The number of aliphatic carboxylic acids is 1. The van der Waals surface area contributed by atoms with E-state index in [4.69, 9.17) is 5.73 Å². The van der Waals surface area contributed by atoms with Crippen LogP contribution in [-0.2, 0) is 21.3 Å². The third-order valence-electron chi connectivity index (χ3n) is 4.39. The Hall–Kier alpha value is -2.08. The molecule has 2 aliphatic heterocycles. The fraction of sp³-hybridized carbons (Fsp3) is 0.462. The molecule has 7 N–H and O–H groups in total. The number of nitrogens with zero attached hydrogens (tertiary/aromatic N) is 1. The summed E-state index contributed by atoms with van der Waals surface area (Å²) in [5.74, 6) is -2.88. The highest BCUT2D eigenvalue weighted by atomic mass is 32.2. The molecule has 0 amide bonds. The molecular formula is C13H17N3O7S. The molecule has 0 radical (unpaired) electrons. The number of nitrogens with two attached hydrogens (primary N) is 1. The predicted octanol–water partition coefficient (Wildman–Crippen LogP) is -1.19. The molecule has 24 heavy (non-hydrogen) atoms. The molecule has 3 rings (SSSR count). The van der Waals surface area contributed by atoms with Crippen LogP contribution in [0.15, 0.2) is 11.0 Å². The number of aromatic hydroxyl groups is 2. The summed E-state index contributed by atoms with van der Waals surface area (Å²) in [4.78, 5) is 12.1. The minimum Gasteiger partial charge on any atom is -0.504 e. The number of anilines is 1. The van der Waals surface area contributed by atoms with Gasteiger partial charge in [-0.15, -0.1) is 0 Å². The molecule has 2 unspecified atom stereocenters. The van der Waals surface area contributed by atoms with Crippen LogP contribution in [0.25, 0.3) is 0 Å². The van der Waals surface area contributed by atoms with Crippen molar-refractivity contribution < 1.29 is 33.1 Å². The lowest BCUT2D eigenvalue weighted by Crippen LogP contribution is -2.67. The zero-order chi connectivity index (χ0) is 17.8. The van der Waals surface area contributed by atoms with Gasteiger partial charge in [0.2, 0.25) is 0 Å². The standard InChI is InChI=1S/C13H17N3O7S/c14-6-3-5-8(4-9(17)10(18)11(5)24(21,22)23)16-7(13(19)20)1-2-15-12(6)16/h4,6-7,12,15,17-18H,1-3,14H2,(H,19,20)(H,21,22,23)/t6?,7-,12?/m0/s1. The Morgan fingerprint density at radius 3 is 2.62 bits per heavy atom. The third kappa shape index (κ3) is 2.45. The first kappa shape index (κ1) is 16.8. The Balaban J connectivity index is 2.29. The van der Waals surface area contributed by atoms with Gasteiger partial charge in [-0.05, 0) is 19.4 Å². The number of nitrogens with one attached hydrogen (secondary N) is 1. The van der Waals surface area contributed by atoms with E-state index in [-0.39, 0.29) is 24.1 Å². The normalized spacial score (nSPS) is 26.6. The number of phenolic OH excluding ortho intramolecular Hbond substituents is 2. The van der Waals surface area contributed by atoms with Gasteiger partial charge in [0, 0.05) is 23.4 Å². The van der Waals surface area contributed by atoms with Crippen LogP contribution in [-0.4, -0.2) is 59.1 Å². The van der Waals surface area contributed by atoms with Crippen LogP contribution in [0, 0.1) is 0 Å². The highest BCUT2D eigenvalue weighted by Crippen LogP contribution is 2.45. The Kier molecular flexibility index (Phi) is 3.83. The van der Waals surface area contributed by atoms with Crippen molar-refractivity contribution in [3.63, 3.8) is 0 Å². The van der Waals surface area contributed by atoms with Gasteiger partial charge in [-0.1, -0.05) is 0 Å². The number of carbonyl (C=O) groups is 1. The average Bonchev–Trinajstić information content (AvgIpc) is 2.47. The first-order valence-corrected chi connectivity index (χ1v) is 8.62. The van der Waals surface area contributed by atoms with Crippen molar-refractivity contribution in [1.82, 2.24) is 5.32 Å². The quantitative estimate of drug-likeness (QED) is 0.278. The van der Waals surface area contributed by atoms with E-state index in [0.29, 0.717) is 6.54 Å². The topological polar surface area (TPSA) is 173 Å². The summed E-state index contributed by atoms with van der Waals surface area (Å²) in [7, 11) is -4.86. The Morgan fingerprint density at radius 2 is 2.04 bits per heavy atom. The number of hydrogen-bond acceptors (Lipinski definition) is 8. The molecule has 0 aromatic heterocycles. The molecule has 1 aromatic rings. The highest BCUT2D eigenvalue weighted by Gasteiger charge is 2.44. The van der Waals surface area contributed by atoms with E-state index in [9.17, 15) is 33.1 Å². The van der Waals surface area contributed by atoms with Gasteiger partial charge in [-0.25, -0.2) is 4.79 Å². The average molecular weight is 359 g/mol. The van der Waals surface area contributed by atoms with Crippen LogP contribution >= 0.6 is 0 Å². The monoisotopic (exact) mass is 359 g/mol. The number of carboxylic acids is 1. The Morgan fingerprint density at radius 1 is 1.38 bits per heavy atom. The minimum absolute atomic E-state index is 0.0218. The number of benzene rings is 1. The summed E-state index contributed by atoms with van der Waals surface area (Å²) in [5, 5.41) is 32.2. The van der Waals surface area contributed by atoms with Crippen molar-refractivity contribution in [2.24, 2.45) is 5.73 Å². The Labute approximate surface area is 137 Å². The van der Waals surface area contributed by atoms with Crippen LogP contribution in [0.5, 0.6) is 11.5 Å². The van der Waals surface area contributed by atoms with E-state index in [0.717, 1.165) is 6.07 Å². The van der Waals surface area contributed by atoms with E-state index in [1.165, 1.54) is 4.90 Å². The van der Waals surface area contributed by atoms with E-state index < -0.39 is 50.7 Å². The predicted molar refractivity (Wildman–Crippen MR) is 81.6 cm³/mol. The molecule has 1 aromatic carbocycles. The third-order valence-corrected chi connectivity index (χ3v) is 5.34. The van der Waals surface area contributed by atoms with Gasteiger partial charge in [-0.3, -0.25) is 9.87 Å². The molecule has 1 saturated heterocycles. The van der Waals surface area contributed by atoms with Crippen LogP contribution in [0.3, 0.4) is 0 Å². The number of phenols is 2. The van der Waals surface area contributed by atoms with Gasteiger partial charge < -0.3 is 26.0 Å². The molecule has 2 aliphatic rings.